The largest absolute Gasteiger partial charge is 0.316 e. The molecular weight excluding hydrogens is 234 g/mol. The number of aryl methyl sites for hydroxylation is 1. The number of hydrogen-bond acceptors (Lipinski definition) is 3. The van der Waals surface area contributed by atoms with Crippen LogP contribution in [0.25, 0.3) is 0 Å². The molecule has 1 rings (SSSR count). The molecule has 1 aromatic heterocycles. The molecule has 0 aliphatic carbocycles. The van der Waals surface area contributed by atoms with E-state index in [1.54, 1.807) is 0 Å². The van der Waals surface area contributed by atoms with E-state index in [4.69, 9.17) is 0 Å². The molecule has 0 bridgehead atoms. The van der Waals surface area contributed by atoms with Crippen molar-refractivity contribution in [2.24, 2.45) is 5.92 Å². The molecule has 0 saturated heterocycles. The van der Waals surface area contributed by atoms with Crippen LogP contribution in [0.1, 0.15) is 25.1 Å². The summed E-state index contributed by atoms with van der Waals surface area (Å²) >= 11 is 3.94. The highest BCUT2D eigenvalue weighted by atomic mass is 32.2. The maximum Gasteiger partial charge on any atom is 0.0158 e. The van der Waals surface area contributed by atoms with Crippen molar-refractivity contribution >= 4 is 23.1 Å². The summed E-state index contributed by atoms with van der Waals surface area (Å²) in [6.07, 6.45) is 2.47. The maximum absolute atomic E-state index is 3.42. The SMILES string of the molecule is CNC(CCc1cccs1)CSCC(C)C. The molecule has 0 aliphatic rings. The normalized spacial score (nSPS) is 13.2. The summed E-state index contributed by atoms with van der Waals surface area (Å²) in [7, 11) is 2.08. The van der Waals surface area contributed by atoms with Gasteiger partial charge in [-0.05, 0) is 43.0 Å². The van der Waals surface area contributed by atoms with Crippen molar-refractivity contribution in [2.45, 2.75) is 32.7 Å². The van der Waals surface area contributed by atoms with Crippen molar-refractivity contribution < 1.29 is 0 Å². The van der Waals surface area contributed by atoms with E-state index >= 15 is 0 Å². The number of thiophene rings is 1. The van der Waals surface area contributed by atoms with Crippen LogP contribution in [0.5, 0.6) is 0 Å². The highest BCUT2D eigenvalue weighted by Gasteiger charge is 2.07. The molecule has 1 nitrogen and oxygen atoms in total. The fourth-order valence-corrected chi connectivity index (χ4v) is 3.48. The van der Waals surface area contributed by atoms with Gasteiger partial charge in [-0.3, -0.25) is 0 Å². The standard InChI is InChI=1S/C13H23NS2/c1-11(2)9-15-10-12(14-3)6-7-13-5-4-8-16-13/h4-5,8,11-12,14H,6-7,9-10H2,1-3H3. The summed E-state index contributed by atoms with van der Waals surface area (Å²) in [5.74, 6) is 3.32. The molecule has 92 valence electrons. The summed E-state index contributed by atoms with van der Waals surface area (Å²) < 4.78 is 0. The Kier molecular flexibility index (Phi) is 7.17. The van der Waals surface area contributed by atoms with Crippen LogP contribution in [0.15, 0.2) is 17.5 Å². The van der Waals surface area contributed by atoms with E-state index in [0.717, 1.165) is 5.92 Å². The summed E-state index contributed by atoms with van der Waals surface area (Å²) in [6, 6.07) is 5.03. The quantitative estimate of drug-likeness (QED) is 0.763. The minimum absolute atomic E-state index is 0.658. The van der Waals surface area contributed by atoms with Gasteiger partial charge in [-0.1, -0.05) is 19.9 Å². The van der Waals surface area contributed by atoms with Crippen LogP contribution in [-0.2, 0) is 6.42 Å². The lowest BCUT2D eigenvalue weighted by atomic mass is 10.1. The van der Waals surface area contributed by atoms with Crippen LogP contribution in [-0.4, -0.2) is 24.6 Å². The zero-order valence-electron chi connectivity index (χ0n) is 10.5. The van der Waals surface area contributed by atoms with Crippen molar-refractivity contribution in [1.29, 1.82) is 0 Å². The molecule has 1 atom stereocenters. The van der Waals surface area contributed by atoms with E-state index in [0.29, 0.717) is 6.04 Å². The average Bonchev–Trinajstić information content (AvgIpc) is 2.75. The van der Waals surface area contributed by atoms with Gasteiger partial charge in [-0.15, -0.1) is 11.3 Å². The summed E-state index contributed by atoms with van der Waals surface area (Å²) in [5.41, 5.74) is 0. The Morgan fingerprint density at radius 1 is 1.38 bits per heavy atom. The first-order valence-corrected chi connectivity index (χ1v) is 8.03. The van der Waals surface area contributed by atoms with Gasteiger partial charge in [0.25, 0.3) is 0 Å². The van der Waals surface area contributed by atoms with E-state index in [1.165, 1.54) is 29.2 Å². The molecular formula is C13H23NS2. The topological polar surface area (TPSA) is 12.0 Å². The second-order valence-electron chi connectivity index (χ2n) is 4.53. The molecule has 0 aromatic carbocycles. The number of nitrogens with one attached hydrogen (secondary N) is 1. The molecule has 0 amide bonds. The minimum Gasteiger partial charge on any atom is -0.316 e. The minimum atomic E-state index is 0.658. The Balaban J connectivity index is 2.16. The molecule has 1 unspecified atom stereocenters. The van der Waals surface area contributed by atoms with Crippen LogP contribution in [0.2, 0.25) is 0 Å². The van der Waals surface area contributed by atoms with Crippen molar-refractivity contribution in [2.75, 3.05) is 18.6 Å². The molecule has 0 fully saturated rings. The third kappa shape index (κ3) is 5.92. The molecule has 3 heteroatoms. The van der Waals surface area contributed by atoms with Crippen molar-refractivity contribution in [3.05, 3.63) is 22.4 Å². The molecule has 16 heavy (non-hydrogen) atoms. The zero-order valence-corrected chi connectivity index (χ0v) is 12.2. The van der Waals surface area contributed by atoms with Gasteiger partial charge in [0, 0.05) is 16.7 Å². The molecule has 0 spiro atoms. The molecule has 1 N–H and O–H groups in total. The van der Waals surface area contributed by atoms with Crippen LogP contribution in [0.3, 0.4) is 0 Å². The third-order valence-electron chi connectivity index (χ3n) is 2.50. The maximum atomic E-state index is 3.42. The second-order valence-corrected chi connectivity index (χ2v) is 6.64. The van der Waals surface area contributed by atoms with E-state index in [2.05, 4.69) is 55.5 Å². The summed E-state index contributed by atoms with van der Waals surface area (Å²) in [4.78, 5) is 1.51. The number of hydrogen-bond donors (Lipinski definition) is 1. The van der Waals surface area contributed by atoms with Crippen LogP contribution in [0, 0.1) is 5.92 Å². The highest BCUT2D eigenvalue weighted by Crippen LogP contribution is 2.15. The van der Waals surface area contributed by atoms with Gasteiger partial charge < -0.3 is 5.32 Å². The van der Waals surface area contributed by atoms with Gasteiger partial charge in [-0.25, -0.2) is 0 Å². The Labute approximate surface area is 108 Å². The Morgan fingerprint density at radius 3 is 2.75 bits per heavy atom. The van der Waals surface area contributed by atoms with E-state index in [1.807, 2.05) is 11.3 Å². The number of rotatable bonds is 8. The van der Waals surface area contributed by atoms with Gasteiger partial charge in [-0.2, -0.15) is 11.8 Å². The Bertz CT molecular complexity index is 257. The number of thioether (sulfide) groups is 1. The first kappa shape index (κ1) is 14.1. The van der Waals surface area contributed by atoms with Gasteiger partial charge in [0.2, 0.25) is 0 Å². The van der Waals surface area contributed by atoms with Crippen molar-refractivity contribution in [1.82, 2.24) is 5.32 Å². The first-order chi connectivity index (χ1) is 7.72. The van der Waals surface area contributed by atoms with Crippen molar-refractivity contribution in [3.63, 3.8) is 0 Å². The molecule has 0 aliphatic heterocycles. The van der Waals surface area contributed by atoms with Crippen LogP contribution in [0.4, 0.5) is 0 Å². The van der Waals surface area contributed by atoms with Gasteiger partial charge in [0.15, 0.2) is 0 Å². The fraction of sp³-hybridized carbons (Fsp3) is 0.692. The summed E-state index contributed by atoms with van der Waals surface area (Å²) in [6.45, 7) is 4.57. The molecule has 1 heterocycles. The molecule has 0 saturated carbocycles. The smallest absolute Gasteiger partial charge is 0.0158 e. The van der Waals surface area contributed by atoms with Gasteiger partial charge in [0.1, 0.15) is 0 Å². The zero-order chi connectivity index (χ0) is 11.8. The van der Waals surface area contributed by atoms with Crippen LogP contribution >= 0.6 is 23.1 Å². The summed E-state index contributed by atoms with van der Waals surface area (Å²) in [5, 5.41) is 5.59. The third-order valence-corrected chi connectivity index (χ3v) is 4.97. The van der Waals surface area contributed by atoms with E-state index < -0.39 is 0 Å². The monoisotopic (exact) mass is 257 g/mol. The Morgan fingerprint density at radius 2 is 2.19 bits per heavy atom. The Hall–Kier alpha value is 0.01000. The molecule has 1 aromatic rings. The second kappa shape index (κ2) is 8.15. The van der Waals surface area contributed by atoms with E-state index in [-0.39, 0.29) is 0 Å². The highest BCUT2D eigenvalue weighted by molar-refractivity contribution is 7.99. The van der Waals surface area contributed by atoms with Gasteiger partial charge in [0.05, 0.1) is 0 Å². The predicted octanol–water partition coefficient (Wildman–Crippen LogP) is 3.66. The lowest BCUT2D eigenvalue weighted by molar-refractivity contribution is 0.574. The first-order valence-electron chi connectivity index (χ1n) is 5.99. The van der Waals surface area contributed by atoms with Gasteiger partial charge >= 0.3 is 0 Å². The predicted molar refractivity (Wildman–Crippen MR) is 77.7 cm³/mol. The van der Waals surface area contributed by atoms with Crippen LogP contribution < -0.4 is 5.32 Å². The van der Waals surface area contributed by atoms with Crippen molar-refractivity contribution in [3.8, 4) is 0 Å². The van der Waals surface area contributed by atoms with E-state index in [9.17, 15) is 0 Å². The fourth-order valence-electron chi connectivity index (χ4n) is 1.53. The lowest BCUT2D eigenvalue weighted by Gasteiger charge is -2.15. The molecule has 0 radical (unpaired) electrons. The average molecular weight is 257 g/mol. The lowest BCUT2D eigenvalue weighted by Crippen LogP contribution is -2.28.